The smallest absolute Gasteiger partial charge is 0.163 e. The van der Waals surface area contributed by atoms with E-state index in [0.717, 1.165) is 6.07 Å². The fraction of sp³-hybridized carbons (Fsp3) is 0.400. The summed E-state index contributed by atoms with van der Waals surface area (Å²) in [6.45, 7) is 2.17. The van der Waals surface area contributed by atoms with Crippen molar-refractivity contribution in [3.63, 3.8) is 0 Å². The number of hydrogen-bond acceptors (Lipinski definition) is 1. The number of rotatable bonds is 4. The van der Waals surface area contributed by atoms with E-state index in [1.165, 1.54) is 6.07 Å². The second-order valence-corrected chi connectivity index (χ2v) is 3.46. The topological polar surface area (TPSA) is 12.0 Å². The first kappa shape index (κ1) is 11.4. The molecule has 0 spiro atoms. The Morgan fingerprint density at radius 1 is 1.43 bits per heavy atom. The van der Waals surface area contributed by atoms with Crippen molar-refractivity contribution < 1.29 is 8.78 Å². The van der Waals surface area contributed by atoms with Crippen molar-refractivity contribution >= 4 is 11.6 Å². The van der Waals surface area contributed by atoms with Crippen molar-refractivity contribution in [1.29, 1.82) is 0 Å². The zero-order valence-corrected chi connectivity index (χ0v) is 8.61. The molecule has 1 rings (SSSR count). The molecule has 0 amide bonds. The standard InChI is InChI=1S/C10H12ClF2N/c1-7(5-11)14-6-8-3-2-4-9(12)10(8)13/h2-4,7,14H,5-6H2,1H3. The Morgan fingerprint density at radius 3 is 2.79 bits per heavy atom. The van der Waals surface area contributed by atoms with E-state index in [1.807, 2.05) is 6.92 Å². The molecule has 0 aliphatic carbocycles. The van der Waals surface area contributed by atoms with E-state index in [4.69, 9.17) is 11.6 Å². The maximum absolute atomic E-state index is 13.1. The van der Waals surface area contributed by atoms with Gasteiger partial charge in [0.05, 0.1) is 0 Å². The van der Waals surface area contributed by atoms with Gasteiger partial charge in [-0.3, -0.25) is 0 Å². The highest BCUT2D eigenvalue weighted by Crippen LogP contribution is 2.11. The zero-order chi connectivity index (χ0) is 10.6. The van der Waals surface area contributed by atoms with Crippen molar-refractivity contribution in [2.24, 2.45) is 0 Å². The summed E-state index contributed by atoms with van der Waals surface area (Å²) in [6.07, 6.45) is 0. The Morgan fingerprint density at radius 2 is 2.14 bits per heavy atom. The van der Waals surface area contributed by atoms with E-state index in [1.54, 1.807) is 6.07 Å². The average Bonchev–Trinajstić information content (AvgIpc) is 2.20. The van der Waals surface area contributed by atoms with Gasteiger partial charge in [-0.05, 0) is 13.0 Å². The first-order valence-corrected chi connectivity index (χ1v) is 4.91. The van der Waals surface area contributed by atoms with Gasteiger partial charge in [0.2, 0.25) is 0 Å². The van der Waals surface area contributed by atoms with Crippen LogP contribution >= 0.6 is 11.6 Å². The molecule has 0 saturated heterocycles. The van der Waals surface area contributed by atoms with E-state index < -0.39 is 11.6 Å². The van der Waals surface area contributed by atoms with E-state index in [0.29, 0.717) is 11.4 Å². The third-order valence-corrected chi connectivity index (χ3v) is 2.37. The van der Waals surface area contributed by atoms with Gasteiger partial charge in [-0.2, -0.15) is 0 Å². The Balaban J connectivity index is 2.63. The SMILES string of the molecule is CC(CCl)NCc1cccc(F)c1F. The first-order valence-electron chi connectivity index (χ1n) is 4.37. The highest BCUT2D eigenvalue weighted by Gasteiger charge is 2.07. The quantitative estimate of drug-likeness (QED) is 0.768. The normalized spacial score (nSPS) is 12.9. The minimum Gasteiger partial charge on any atom is -0.309 e. The van der Waals surface area contributed by atoms with Gasteiger partial charge in [0, 0.05) is 24.0 Å². The molecule has 1 aromatic carbocycles. The van der Waals surface area contributed by atoms with Crippen LogP contribution in [-0.4, -0.2) is 11.9 Å². The van der Waals surface area contributed by atoms with Crippen LogP contribution in [0.4, 0.5) is 8.78 Å². The molecule has 0 fully saturated rings. The van der Waals surface area contributed by atoms with E-state index in [-0.39, 0.29) is 12.6 Å². The first-order chi connectivity index (χ1) is 6.65. The monoisotopic (exact) mass is 219 g/mol. The molecule has 1 unspecified atom stereocenters. The Bertz CT molecular complexity index is 304. The molecule has 1 nitrogen and oxygen atoms in total. The number of halogens is 3. The van der Waals surface area contributed by atoms with Gasteiger partial charge in [-0.25, -0.2) is 8.78 Å². The Labute approximate surface area is 87.1 Å². The van der Waals surface area contributed by atoms with Gasteiger partial charge < -0.3 is 5.32 Å². The van der Waals surface area contributed by atoms with Crippen LogP contribution in [0.25, 0.3) is 0 Å². The lowest BCUT2D eigenvalue weighted by Gasteiger charge is -2.10. The number of benzene rings is 1. The van der Waals surface area contributed by atoms with E-state index in [2.05, 4.69) is 5.32 Å². The molecule has 0 aromatic heterocycles. The Hall–Kier alpha value is -0.670. The summed E-state index contributed by atoms with van der Waals surface area (Å²) in [5.74, 6) is -1.17. The second-order valence-electron chi connectivity index (χ2n) is 3.15. The third kappa shape index (κ3) is 2.93. The van der Waals surface area contributed by atoms with Gasteiger partial charge in [0.15, 0.2) is 11.6 Å². The molecule has 4 heteroatoms. The zero-order valence-electron chi connectivity index (χ0n) is 7.86. The van der Waals surface area contributed by atoms with Crippen molar-refractivity contribution in [3.05, 3.63) is 35.4 Å². The second kappa shape index (κ2) is 5.27. The molecule has 78 valence electrons. The molecule has 0 radical (unpaired) electrons. The summed E-state index contributed by atoms with van der Waals surface area (Å²) in [5.41, 5.74) is 0.321. The highest BCUT2D eigenvalue weighted by atomic mass is 35.5. The van der Waals surface area contributed by atoms with Crippen LogP contribution in [0.3, 0.4) is 0 Å². The molecule has 0 heterocycles. The van der Waals surface area contributed by atoms with Gasteiger partial charge >= 0.3 is 0 Å². The van der Waals surface area contributed by atoms with Crippen molar-refractivity contribution in [3.8, 4) is 0 Å². The molecular formula is C10H12ClF2N. The molecular weight excluding hydrogens is 208 g/mol. The lowest BCUT2D eigenvalue weighted by molar-refractivity contribution is 0.487. The highest BCUT2D eigenvalue weighted by molar-refractivity contribution is 6.18. The van der Waals surface area contributed by atoms with Gasteiger partial charge in [-0.15, -0.1) is 11.6 Å². The fourth-order valence-corrected chi connectivity index (χ4v) is 1.13. The molecule has 0 bridgehead atoms. The van der Waals surface area contributed by atoms with Crippen LogP contribution < -0.4 is 5.32 Å². The predicted octanol–water partition coefficient (Wildman–Crippen LogP) is 2.68. The minimum absolute atomic E-state index is 0.0827. The molecule has 1 aromatic rings. The summed E-state index contributed by atoms with van der Waals surface area (Å²) in [4.78, 5) is 0. The van der Waals surface area contributed by atoms with Crippen molar-refractivity contribution in [1.82, 2.24) is 5.32 Å². The van der Waals surface area contributed by atoms with Crippen LogP contribution in [0, 0.1) is 11.6 Å². The summed E-state index contributed by atoms with van der Waals surface area (Å²) >= 11 is 5.56. The summed E-state index contributed by atoms with van der Waals surface area (Å²) in [7, 11) is 0. The fourth-order valence-electron chi connectivity index (χ4n) is 1.02. The molecule has 0 aliphatic heterocycles. The largest absolute Gasteiger partial charge is 0.309 e. The average molecular weight is 220 g/mol. The van der Waals surface area contributed by atoms with Crippen LogP contribution in [0.1, 0.15) is 12.5 Å². The molecule has 0 aliphatic rings. The molecule has 1 atom stereocenters. The lowest BCUT2D eigenvalue weighted by atomic mass is 10.2. The van der Waals surface area contributed by atoms with Crippen LogP contribution in [0.2, 0.25) is 0 Å². The van der Waals surface area contributed by atoms with Gasteiger partial charge in [0.1, 0.15) is 0 Å². The Kier molecular flexibility index (Phi) is 4.29. The number of alkyl halides is 1. The molecule has 1 N–H and O–H groups in total. The van der Waals surface area contributed by atoms with Crippen LogP contribution in [0.5, 0.6) is 0 Å². The number of hydrogen-bond donors (Lipinski definition) is 1. The number of nitrogens with one attached hydrogen (secondary N) is 1. The van der Waals surface area contributed by atoms with E-state index in [9.17, 15) is 8.78 Å². The summed E-state index contributed by atoms with van der Waals surface area (Å²) in [5, 5.41) is 2.98. The van der Waals surface area contributed by atoms with Crippen LogP contribution in [0.15, 0.2) is 18.2 Å². The predicted molar refractivity (Wildman–Crippen MR) is 53.4 cm³/mol. The van der Waals surface area contributed by atoms with Crippen LogP contribution in [-0.2, 0) is 6.54 Å². The summed E-state index contributed by atoms with van der Waals surface area (Å²) < 4.78 is 25.9. The molecule has 14 heavy (non-hydrogen) atoms. The summed E-state index contributed by atoms with van der Waals surface area (Å²) in [6, 6.07) is 4.22. The third-order valence-electron chi connectivity index (χ3n) is 1.90. The lowest BCUT2D eigenvalue weighted by Crippen LogP contribution is -2.27. The van der Waals surface area contributed by atoms with Gasteiger partial charge in [0.25, 0.3) is 0 Å². The van der Waals surface area contributed by atoms with E-state index >= 15 is 0 Å². The van der Waals surface area contributed by atoms with Crippen molar-refractivity contribution in [2.75, 3.05) is 5.88 Å². The maximum Gasteiger partial charge on any atom is 0.163 e. The van der Waals surface area contributed by atoms with Gasteiger partial charge in [-0.1, -0.05) is 12.1 Å². The van der Waals surface area contributed by atoms with Crippen molar-refractivity contribution in [2.45, 2.75) is 19.5 Å². The maximum atomic E-state index is 13.1. The minimum atomic E-state index is -0.817. The molecule has 0 saturated carbocycles.